The molecular weight excluding hydrogens is 348 g/mol. The lowest BCUT2D eigenvalue weighted by Gasteiger charge is -2.13. The third-order valence-electron chi connectivity index (χ3n) is 3.98. The van der Waals surface area contributed by atoms with E-state index in [-0.39, 0.29) is 5.97 Å². The highest BCUT2D eigenvalue weighted by molar-refractivity contribution is 8.00. The van der Waals surface area contributed by atoms with Crippen LogP contribution in [-0.2, 0) is 9.53 Å². The minimum absolute atomic E-state index is 0.320. The molecule has 26 heavy (non-hydrogen) atoms. The number of aryl methyl sites for hydroxylation is 2. The fourth-order valence-corrected chi connectivity index (χ4v) is 3.32. The molecular formula is C20H20N2O3S. The number of carbonyl (C=O) groups excluding carboxylic acids is 1. The third-order valence-corrected chi connectivity index (χ3v) is 5.05. The van der Waals surface area contributed by atoms with Crippen LogP contribution < -0.4 is 0 Å². The van der Waals surface area contributed by atoms with Gasteiger partial charge in [0.1, 0.15) is 5.25 Å². The molecule has 0 aliphatic heterocycles. The van der Waals surface area contributed by atoms with Gasteiger partial charge in [-0.3, -0.25) is 4.79 Å². The highest BCUT2D eigenvalue weighted by Crippen LogP contribution is 2.36. The highest BCUT2D eigenvalue weighted by atomic mass is 32.2. The monoisotopic (exact) mass is 368 g/mol. The molecule has 0 saturated heterocycles. The third kappa shape index (κ3) is 4.14. The second-order valence-electron chi connectivity index (χ2n) is 5.83. The standard InChI is InChI=1S/C20H20N2O3S/c1-4-24-19(23)17(15-8-6-5-7-9-15)26-20-22-21-18(25-20)16-11-10-13(2)14(3)12-16/h5-12,17H,4H2,1-3H3/t17-/m0/s1. The summed E-state index contributed by atoms with van der Waals surface area (Å²) in [6.45, 7) is 6.20. The summed E-state index contributed by atoms with van der Waals surface area (Å²) >= 11 is 1.20. The van der Waals surface area contributed by atoms with Crippen molar-refractivity contribution in [3.8, 4) is 11.5 Å². The first-order chi connectivity index (χ1) is 12.6. The number of benzene rings is 2. The van der Waals surface area contributed by atoms with E-state index in [1.165, 1.54) is 17.3 Å². The van der Waals surface area contributed by atoms with Crippen molar-refractivity contribution in [1.82, 2.24) is 10.2 Å². The normalized spacial score (nSPS) is 12.0. The Labute approximate surface area is 156 Å². The molecule has 2 aromatic carbocycles. The maximum atomic E-state index is 12.4. The molecule has 0 N–H and O–H groups in total. The van der Waals surface area contributed by atoms with Crippen molar-refractivity contribution in [2.45, 2.75) is 31.2 Å². The van der Waals surface area contributed by atoms with Crippen molar-refractivity contribution in [2.24, 2.45) is 0 Å². The van der Waals surface area contributed by atoms with E-state index in [0.717, 1.165) is 16.7 Å². The zero-order chi connectivity index (χ0) is 18.5. The van der Waals surface area contributed by atoms with Crippen LogP contribution in [0.4, 0.5) is 0 Å². The molecule has 1 atom stereocenters. The predicted molar refractivity (Wildman–Crippen MR) is 101 cm³/mol. The molecule has 0 fully saturated rings. The Morgan fingerprint density at radius 1 is 1.12 bits per heavy atom. The van der Waals surface area contributed by atoms with Gasteiger partial charge >= 0.3 is 5.97 Å². The van der Waals surface area contributed by atoms with Crippen LogP contribution in [0.1, 0.15) is 28.9 Å². The SMILES string of the molecule is CCOC(=O)[C@@H](Sc1nnc(-c2ccc(C)c(C)c2)o1)c1ccccc1. The minimum Gasteiger partial charge on any atom is -0.465 e. The lowest BCUT2D eigenvalue weighted by molar-refractivity contribution is -0.142. The average Bonchev–Trinajstić information content (AvgIpc) is 3.11. The number of esters is 1. The van der Waals surface area contributed by atoms with Gasteiger partial charge < -0.3 is 9.15 Å². The summed E-state index contributed by atoms with van der Waals surface area (Å²) in [7, 11) is 0. The number of aromatic nitrogens is 2. The molecule has 3 aromatic rings. The Hall–Kier alpha value is -2.60. The van der Waals surface area contributed by atoms with Crippen LogP contribution in [0.15, 0.2) is 58.2 Å². The van der Waals surface area contributed by atoms with Crippen molar-refractivity contribution in [1.29, 1.82) is 0 Å². The van der Waals surface area contributed by atoms with Gasteiger partial charge in [0.05, 0.1) is 6.61 Å². The number of carbonyl (C=O) groups is 1. The van der Waals surface area contributed by atoms with Crippen LogP contribution in [0, 0.1) is 13.8 Å². The summed E-state index contributed by atoms with van der Waals surface area (Å²) < 4.78 is 11.0. The van der Waals surface area contributed by atoms with Crippen LogP contribution in [-0.4, -0.2) is 22.8 Å². The number of nitrogens with zero attached hydrogens (tertiary/aromatic N) is 2. The van der Waals surface area contributed by atoms with Gasteiger partial charge in [0, 0.05) is 5.56 Å². The van der Waals surface area contributed by atoms with Crippen molar-refractivity contribution in [3.05, 3.63) is 65.2 Å². The van der Waals surface area contributed by atoms with E-state index in [4.69, 9.17) is 9.15 Å². The molecule has 0 unspecified atom stereocenters. The molecule has 0 saturated carbocycles. The van der Waals surface area contributed by atoms with E-state index in [1.807, 2.05) is 55.5 Å². The van der Waals surface area contributed by atoms with Gasteiger partial charge in [-0.2, -0.15) is 0 Å². The van der Waals surface area contributed by atoms with Crippen molar-refractivity contribution >= 4 is 17.7 Å². The Morgan fingerprint density at radius 2 is 1.88 bits per heavy atom. The van der Waals surface area contributed by atoms with E-state index in [2.05, 4.69) is 17.1 Å². The number of thioether (sulfide) groups is 1. The summed E-state index contributed by atoms with van der Waals surface area (Å²) in [5.74, 6) is 0.112. The number of hydrogen-bond donors (Lipinski definition) is 0. The van der Waals surface area contributed by atoms with Crippen LogP contribution in [0.2, 0.25) is 0 Å². The summed E-state index contributed by atoms with van der Waals surface area (Å²) in [4.78, 5) is 12.4. The molecule has 0 spiro atoms. The highest BCUT2D eigenvalue weighted by Gasteiger charge is 2.26. The van der Waals surface area contributed by atoms with Gasteiger partial charge in [-0.25, -0.2) is 0 Å². The predicted octanol–water partition coefficient (Wildman–Crippen LogP) is 4.75. The van der Waals surface area contributed by atoms with Crippen LogP contribution >= 0.6 is 11.8 Å². The first kappa shape index (κ1) is 18.2. The zero-order valence-electron chi connectivity index (χ0n) is 14.9. The molecule has 3 rings (SSSR count). The summed E-state index contributed by atoms with van der Waals surface area (Å²) in [5.41, 5.74) is 4.06. The quantitative estimate of drug-likeness (QED) is 0.462. The maximum absolute atomic E-state index is 12.4. The van der Waals surface area contributed by atoms with E-state index >= 15 is 0 Å². The van der Waals surface area contributed by atoms with Gasteiger partial charge in [0.15, 0.2) is 0 Å². The largest absolute Gasteiger partial charge is 0.465 e. The van der Waals surface area contributed by atoms with Gasteiger partial charge in [0.25, 0.3) is 5.22 Å². The minimum atomic E-state index is -0.552. The Balaban J connectivity index is 1.84. The maximum Gasteiger partial charge on any atom is 0.324 e. The lowest BCUT2D eigenvalue weighted by Crippen LogP contribution is -2.13. The molecule has 0 radical (unpaired) electrons. The topological polar surface area (TPSA) is 65.2 Å². The van der Waals surface area contributed by atoms with Gasteiger partial charge in [-0.15, -0.1) is 10.2 Å². The van der Waals surface area contributed by atoms with Gasteiger partial charge in [-0.1, -0.05) is 36.4 Å². The van der Waals surface area contributed by atoms with Gasteiger partial charge in [0.2, 0.25) is 5.89 Å². The Kier molecular flexibility index (Phi) is 5.73. The van der Waals surface area contributed by atoms with Crippen LogP contribution in [0.3, 0.4) is 0 Å². The molecule has 0 bridgehead atoms. The van der Waals surface area contributed by atoms with E-state index in [9.17, 15) is 4.79 Å². The van der Waals surface area contributed by atoms with E-state index in [1.54, 1.807) is 6.92 Å². The first-order valence-electron chi connectivity index (χ1n) is 8.38. The number of rotatable bonds is 6. The Morgan fingerprint density at radius 3 is 2.58 bits per heavy atom. The fraction of sp³-hybridized carbons (Fsp3) is 0.250. The molecule has 1 aromatic heterocycles. The fourth-order valence-electron chi connectivity index (χ4n) is 2.45. The first-order valence-corrected chi connectivity index (χ1v) is 9.26. The van der Waals surface area contributed by atoms with Gasteiger partial charge in [-0.05, 0) is 61.4 Å². The van der Waals surface area contributed by atoms with Crippen molar-refractivity contribution in [2.75, 3.05) is 6.61 Å². The van der Waals surface area contributed by atoms with Crippen molar-refractivity contribution < 1.29 is 13.9 Å². The summed E-state index contributed by atoms with van der Waals surface area (Å²) in [6, 6.07) is 15.4. The average molecular weight is 368 g/mol. The smallest absolute Gasteiger partial charge is 0.324 e. The molecule has 0 aliphatic carbocycles. The summed E-state index contributed by atoms with van der Waals surface area (Å²) in [5, 5.41) is 7.99. The summed E-state index contributed by atoms with van der Waals surface area (Å²) in [6.07, 6.45) is 0. The van der Waals surface area contributed by atoms with E-state index < -0.39 is 5.25 Å². The zero-order valence-corrected chi connectivity index (χ0v) is 15.7. The van der Waals surface area contributed by atoms with Crippen LogP contribution in [0.25, 0.3) is 11.5 Å². The molecule has 134 valence electrons. The van der Waals surface area contributed by atoms with Crippen molar-refractivity contribution in [3.63, 3.8) is 0 Å². The second kappa shape index (κ2) is 8.19. The molecule has 0 aliphatic rings. The Bertz CT molecular complexity index is 893. The van der Waals surface area contributed by atoms with Crippen LogP contribution in [0.5, 0.6) is 0 Å². The molecule has 6 heteroatoms. The van der Waals surface area contributed by atoms with E-state index in [0.29, 0.717) is 17.7 Å². The molecule has 0 amide bonds. The molecule has 5 nitrogen and oxygen atoms in total. The number of ether oxygens (including phenoxy) is 1. The lowest BCUT2D eigenvalue weighted by atomic mass is 10.1. The second-order valence-corrected chi connectivity index (χ2v) is 6.89. The number of hydrogen-bond acceptors (Lipinski definition) is 6. The molecule has 1 heterocycles.